The molecule has 0 aliphatic rings. The van der Waals surface area contributed by atoms with Crippen LogP contribution < -0.4 is 10.1 Å². The summed E-state index contributed by atoms with van der Waals surface area (Å²) in [6.07, 6.45) is 9.00. The Bertz CT molecular complexity index is 1740. The van der Waals surface area contributed by atoms with Crippen molar-refractivity contribution >= 4 is 21.9 Å². The van der Waals surface area contributed by atoms with Gasteiger partial charge in [0.15, 0.2) is 5.65 Å². The van der Waals surface area contributed by atoms with Crippen LogP contribution in [0.5, 0.6) is 5.75 Å². The predicted octanol–water partition coefficient (Wildman–Crippen LogP) is 5.49. The molecule has 37 heavy (non-hydrogen) atoms. The number of aromatic nitrogens is 6. The van der Waals surface area contributed by atoms with E-state index in [2.05, 4.69) is 54.5 Å². The summed E-state index contributed by atoms with van der Waals surface area (Å²) in [4.78, 5) is 16.8. The minimum atomic E-state index is -0.372. The van der Waals surface area contributed by atoms with Crippen molar-refractivity contribution in [2.45, 2.75) is 13.5 Å². The second kappa shape index (κ2) is 9.44. The van der Waals surface area contributed by atoms with E-state index < -0.39 is 0 Å². The highest BCUT2D eigenvalue weighted by Crippen LogP contribution is 2.35. The fourth-order valence-corrected chi connectivity index (χ4v) is 4.52. The van der Waals surface area contributed by atoms with E-state index in [9.17, 15) is 4.39 Å². The van der Waals surface area contributed by atoms with Crippen molar-refractivity contribution in [1.29, 1.82) is 0 Å². The topological polar surface area (TPSA) is 104 Å². The fraction of sp³-hybridized carbons (Fsp3) is 0.143. The van der Waals surface area contributed by atoms with Crippen molar-refractivity contribution in [2.24, 2.45) is 0 Å². The number of H-pyrrole nitrogens is 2. The monoisotopic (exact) mass is 493 g/mol. The fourth-order valence-electron chi connectivity index (χ4n) is 4.52. The minimum Gasteiger partial charge on any atom is -0.497 e. The molecule has 0 aliphatic heterocycles. The molecule has 6 rings (SSSR count). The van der Waals surface area contributed by atoms with Gasteiger partial charge in [-0.1, -0.05) is 6.92 Å². The summed E-state index contributed by atoms with van der Waals surface area (Å²) in [5.74, 6) is 0.0757. The van der Waals surface area contributed by atoms with Crippen LogP contribution in [0.4, 0.5) is 4.39 Å². The van der Waals surface area contributed by atoms with Crippen LogP contribution >= 0.6 is 0 Å². The number of benzene rings is 1. The maximum absolute atomic E-state index is 14.2. The van der Waals surface area contributed by atoms with E-state index in [1.54, 1.807) is 18.5 Å². The zero-order valence-corrected chi connectivity index (χ0v) is 20.3. The van der Waals surface area contributed by atoms with E-state index in [1.165, 1.54) is 19.2 Å². The molecule has 0 fully saturated rings. The smallest absolute Gasteiger partial charge is 0.155 e. The second-order valence-corrected chi connectivity index (χ2v) is 8.77. The largest absolute Gasteiger partial charge is 0.497 e. The lowest BCUT2D eigenvalue weighted by molar-refractivity contribution is 0.411. The van der Waals surface area contributed by atoms with Gasteiger partial charge in [0.05, 0.1) is 24.5 Å². The highest BCUT2D eigenvalue weighted by atomic mass is 19.1. The van der Waals surface area contributed by atoms with Gasteiger partial charge >= 0.3 is 0 Å². The molecule has 5 aromatic heterocycles. The van der Waals surface area contributed by atoms with Crippen LogP contribution in [0.2, 0.25) is 0 Å². The number of nitrogens with one attached hydrogen (secondary N) is 3. The van der Waals surface area contributed by atoms with Crippen LogP contribution in [0, 0.1) is 5.82 Å². The number of ether oxygens (including phenoxy) is 1. The molecule has 0 radical (unpaired) electrons. The quantitative estimate of drug-likeness (QED) is 0.272. The Morgan fingerprint density at radius 2 is 1.76 bits per heavy atom. The highest BCUT2D eigenvalue weighted by molar-refractivity contribution is 6.00. The summed E-state index contributed by atoms with van der Waals surface area (Å²) in [5, 5.41) is 12.7. The van der Waals surface area contributed by atoms with Gasteiger partial charge in [0, 0.05) is 64.9 Å². The van der Waals surface area contributed by atoms with Gasteiger partial charge in [-0.3, -0.25) is 15.1 Å². The van der Waals surface area contributed by atoms with Gasteiger partial charge in [-0.05, 0) is 48.0 Å². The summed E-state index contributed by atoms with van der Waals surface area (Å²) in [5.41, 5.74) is 7.56. The number of rotatable bonds is 7. The number of halogens is 1. The first kappa shape index (κ1) is 22.8. The number of methoxy groups -OCH3 is 1. The van der Waals surface area contributed by atoms with Gasteiger partial charge in [0.25, 0.3) is 0 Å². The lowest BCUT2D eigenvalue weighted by atomic mass is 10.0. The summed E-state index contributed by atoms with van der Waals surface area (Å²) in [6.45, 7) is 3.73. The third-order valence-electron chi connectivity index (χ3n) is 6.34. The Labute approximate surface area is 212 Å². The number of aromatic amines is 2. The zero-order chi connectivity index (χ0) is 25.4. The molecule has 3 N–H and O–H groups in total. The third kappa shape index (κ3) is 4.30. The van der Waals surface area contributed by atoms with E-state index in [0.29, 0.717) is 17.0 Å². The van der Waals surface area contributed by atoms with Gasteiger partial charge in [-0.15, -0.1) is 0 Å². The number of hydrogen-bond donors (Lipinski definition) is 3. The Morgan fingerprint density at radius 3 is 2.62 bits per heavy atom. The zero-order valence-electron chi connectivity index (χ0n) is 20.3. The molecule has 8 nitrogen and oxygen atoms in total. The van der Waals surface area contributed by atoms with E-state index in [0.717, 1.165) is 63.0 Å². The van der Waals surface area contributed by atoms with Crippen LogP contribution in [0.1, 0.15) is 12.5 Å². The molecule has 0 unspecified atom stereocenters. The molecule has 6 aromatic rings. The van der Waals surface area contributed by atoms with Gasteiger partial charge < -0.3 is 15.0 Å². The van der Waals surface area contributed by atoms with Crippen LogP contribution in [0.15, 0.2) is 67.4 Å². The van der Waals surface area contributed by atoms with Crippen LogP contribution in [-0.2, 0) is 6.54 Å². The minimum absolute atomic E-state index is 0.372. The first-order valence-corrected chi connectivity index (χ1v) is 11.9. The Hall–Kier alpha value is -4.63. The van der Waals surface area contributed by atoms with E-state index >= 15 is 0 Å². The van der Waals surface area contributed by atoms with E-state index in [4.69, 9.17) is 4.74 Å². The van der Waals surface area contributed by atoms with E-state index in [1.807, 2.05) is 24.7 Å². The lowest BCUT2D eigenvalue weighted by Crippen LogP contribution is -2.11. The maximum atomic E-state index is 14.2. The van der Waals surface area contributed by atoms with Gasteiger partial charge in [0.1, 0.15) is 17.3 Å². The van der Waals surface area contributed by atoms with Crippen molar-refractivity contribution in [3.8, 4) is 39.4 Å². The molecule has 0 aliphatic carbocycles. The summed E-state index contributed by atoms with van der Waals surface area (Å²) >= 11 is 0. The number of fused-ring (bicyclic) bond motifs is 2. The molecule has 9 heteroatoms. The van der Waals surface area contributed by atoms with E-state index in [-0.39, 0.29) is 5.82 Å². The number of hydrogen-bond acceptors (Lipinski definition) is 6. The lowest BCUT2D eigenvalue weighted by Gasteiger charge is -2.06. The summed E-state index contributed by atoms with van der Waals surface area (Å²) in [6, 6.07) is 10.8. The van der Waals surface area contributed by atoms with Crippen LogP contribution in [-0.4, -0.2) is 43.8 Å². The molecule has 5 heterocycles. The molecule has 0 saturated carbocycles. The molecule has 184 valence electrons. The van der Waals surface area contributed by atoms with Crippen molar-refractivity contribution in [2.75, 3.05) is 13.7 Å². The Balaban J connectivity index is 1.43. The number of pyridine rings is 3. The molecule has 0 amide bonds. The Kier molecular flexibility index (Phi) is 5.82. The predicted molar refractivity (Wildman–Crippen MR) is 142 cm³/mol. The summed E-state index contributed by atoms with van der Waals surface area (Å²) < 4.78 is 19.5. The standard InChI is InChI=1S/C28H24FN7O/c1-3-30-10-16-4-18(12-31-11-16)19-7-23-27(35-36-28(23)33-13-19)25-9-22-24(14-32-15-26(22)34-25)17-5-20(29)8-21(6-17)37-2/h4-9,11-15,30,34H,3,10H2,1-2H3,(H,33,35,36). The van der Waals surface area contributed by atoms with Crippen molar-refractivity contribution in [1.82, 2.24) is 35.5 Å². The molecular formula is C28H24FN7O. The molecular weight excluding hydrogens is 469 g/mol. The average Bonchev–Trinajstić information content (AvgIpc) is 3.55. The van der Waals surface area contributed by atoms with Crippen LogP contribution in [0.3, 0.4) is 0 Å². The van der Waals surface area contributed by atoms with Crippen LogP contribution in [0.25, 0.3) is 55.6 Å². The van der Waals surface area contributed by atoms with Crippen molar-refractivity contribution in [3.63, 3.8) is 0 Å². The molecule has 0 bridgehead atoms. The highest BCUT2D eigenvalue weighted by Gasteiger charge is 2.16. The molecule has 1 aromatic carbocycles. The molecule has 0 saturated heterocycles. The summed E-state index contributed by atoms with van der Waals surface area (Å²) in [7, 11) is 1.52. The first-order valence-electron chi connectivity index (χ1n) is 11.9. The molecule has 0 atom stereocenters. The van der Waals surface area contributed by atoms with Gasteiger partial charge in [0.2, 0.25) is 0 Å². The number of nitrogens with zero attached hydrogens (tertiary/aromatic N) is 4. The van der Waals surface area contributed by atoms with Gasteiger partial charge in [-0.25, -0.2) is 9.37 Å². The second-order valence-electron chi connectivity index (χ2n) is 8.77. The molecule has 0 spiro atoms. The van der Waals surface area contributed by atoms with Crippen molar-refractivity contribution < 1.29 is 9.13 Å². The average molecular weight is 494 g/mol. The SMILES string of the molecule is CCNCc1cncc(-c2cnc3[nH]nc(-c4cc5c(-c6cc(F)cc(OC)c6)cncc5[nH]4)c3c2)c1. The van der Waals surface area contributed by atoms with Crippen molar-refractivity contribution in [3.05, 3.63) is 78.8 Å². The first-order chi connectivity index (χ1) is 18.1. The normalized spacial score (nSPS) is 11.4. The third-order valence-corrected chi connectivity index (χ3v) is 6.34. The Morgan fingerprint density at radius 1 is 0.892 bits per heavy atom. The van der Waals surface area contributed by atoms with Gasteiger partial charge in [-0.2, -0.15) is 5.10 Å². The maximum Gasteiger partial charge on any atom is 0.155 e.